The monoisotopic (exact) mass is 296 g/mol. The standard InChI is InChI=1S/C13H20N4S2/c1-4-9-8-10-11(15-6-7-18-3)16-13(14-5-2)17-12(10)19-9/h8H,4-7H2,1-3H3,(H2,14,15,16,17). The highest BCUT2D eigenvalue weighted by atomic mass is 32.2. The Labute approximate surface area is 122 Å². The van der Waals surface area contributed by atoms with Crippen LogP contribution in [0.4, 0.5) is 11.8 Å². The van der Waals surface area contributed by atoms with Crippen LogP contribution < -0.4 is 10.6 Å². The Morgan fingerprint density at radius 1 is 1.26 bits per heavy atom. The Morgan fingerprint density at radius 3 is 2.79 bits per heavy atom. The minimum absolute atomic E-state index is 0.714. The van der Waals surface area contributed by atoms with Gasteiger partial charge in [0.05, 0.1) is 5.39 Å². The average molecular weight is 296 g/mol. The molecule has 2 heterocycles. The van der Waals surface area contributed by atoms with Crippen molar-refractivity contribution in [3.8, 4) is 0 Å². The Bertz CT molecular complexity index is 539. The van der Waals surface area contributed by atoms with Crippen LogP contribution in [0.25, 0.3) is 10.2 Å². The van der Waals surface area contributed by atoms with E-state index in [0.29, 0.717) is 5.95 Å². The Hall–Kier alpha value is -1.01. The van der Waals surface area contributed by atoms with Gasteiger partial charge in [-0.05, 0) is 25.7 Å². The van der Waals surface area contributed by atoms with E-state index in [-0.39, 0.29) is 0 Å². The van der Waals surface area contributed by atoms with Crippen molar-refractivity contribution < 1.29 is 0 Å². The van der Waals surface area contributed by atoms with Gasteiger partial charge in [0.25, 0.3) is 0 Å². The van der Waals surface area contributed by atoms with Crippen molar-refractivity contribution in [3.05, 3.63) is 10.9 Å². The maximum Gasteiger partial charge on any atom is 0.226 e. The van der Waals surface area contributed by atoms with Gasteiger partial charge >= 0.3 is 0 Å². The van der Waals surface area contributed by atoms with Crippen molar-refractivity contribution in [1.29, 1.82) is 0 Å². The minimum atomic E-state index is 0.714. The van der Waals surface area contributed by atoms with Gasteiger partial charge in [0.1, 0.15) is 10.6 Å². The van der Waals surface area contributed by atoms with E-state index in [9.17, 15) is 0 Å². The summed E-state index contributed by atoms with van der Waals surface area (Å²) >= 11 is 3.59. The minimum Gasteiger partial charge on any atom is -0.369 e. The summed E-state index contributed by atoms with van der Waals surface area (Å²) in [5, 5.41) is 7.76. The number of anilines is 2. The third kappa shape index (κ3) is 3.51. The third-order valence-electron chi connectivity index (χ3n) is 2.73. The first-order chi connectivity index (χ1) is 9.28. The molecule has 0 saturated carbocycles. The van der Waals surface area contributed by atoms with E-state index in [4.69, 9.17) is 0 Å². The van der Waals surface area contributed by atoms with Crippen molar-refractivity contribution in [2.24, 2.45) is 0 Å². The Morgan fingerprint density at radius 2 is 2.11 bits per heavy atom. The van der Waals surface area contributed by atoms with Gasteiger partial charge in [-0.3, -0.25) is 0 Å². The van der Waals surface area contributed by atoms with Gasteiger partial charge in [-0.25, -0.2) is 4.98 Å². The highest BCUT2D eigenvalue weighted by molar-refractivity contribution is 7.98. The van der Waals surface area contributed by atoms with Crippen LogP contribution >= 0.6 is 23.1 Å². The van der Waals surface area contributed by atoms with Crippen LogP contribution in [0.5, 0.6) is 0 Å². The fourth-order valence-corrected chi connectivity index (χ4v) is 3.06. The molecule has 2 aromatic heterocycles. The van der Waals surface area contributed by atoms with Crippen LogP contribution in [0, 0.1) is 0 Å². The number of thiophene rings is 1. The van der Waals surface area contributed by atoms with E-state index in [1.165, 1.54) is 4.88 Å². The maximum atomic E-state index is 4.57. The van der Waals surface area contributed by atoms with Crippen LogP contribution in [0.1, 0.15) is 18.7 Å². The normalized spacial score (nSPS) is 10.9. The van der Waals surface area contributed by atoms with Gasteiger partial charge < -0.3 is 10.6 Å². The summed E-state index contributed by atoms with van der Waals surface area (Å²) in [5.74, 6) is 2.74. The topological polar surface area (TPSA) is 49.8 Å². The number of nitrogens with one attached hydrogen (secondary N) is 2. The quantitative estimate of drug-likeness (QED) is 0.766. The molecular weight excluding hydrogens is 276 g/mol. The lowest BCUT2D eigenvalue weighted by molar-refractivity contribution is 1.10. The number of hydrogen-bond donors (Lipinski definition) is 2. The molecule has 0 amide bonds. The van der Waals surface area contributed by atoms with Crippen LogP contribution in [0.15, 0.2) is 6.07 Å². The number of nitrogens with zero attached hydrogens (tertiary/aromatic N) is 2. The molecule has 0 unspecified atom stereocenters. The number of hydrogen-bond acceptors (Lipinski definition) is 6. The van der Waals surface area contributed by atoms with Gasteiger partial charge in [0, 0.05) is 23.7 Å². The summed E-state index contributed by atoms with van der Waals surface area (Å²) in [6, 6.07) is 2.21. The first kappa shape index (κ1) is 14.4. The number of aryl methyl sites for hydroxylation is 1. The molecule has 0 aliphatic carbocycles. The second kappa shape index (κ2) is 6.96. The molecule has 0 fully saturated rings. The van der Waals surface area contributed by atoms with Crippen LogP contribution in [0.3, 0.4) is 0 Å². The molecule has 0 atom stereocenters. The molecule has 0 bridgehead atoms. The summed E-state index contributed by atoms with van der Waals surface area (Å²) in [6.07, 6.45) is 3.16. The highest BCUT2D eigenvalue weighted by Gasteiger charge is 2.10. The van der Waals surface area contributed by atoms with E-state index in [1.54, 1.807) is 11.3 Å². The van der Waals surface area contributed by atoms with E-state index in [0.717, 1.165) is 41.3 Å². The molecular formula is C13H20N4S2. The molecule has 0 saturated heterocycles. The molecule has 2 N–H and O–H groups in total. The summed E-state index contributed by atoms with van der Waals surface area (Å²) in [7, 11) is 0. The highest BCUT2D eigenvalue weighted by Crippen LogP contribution is 2.30. The summed E-state index contributed by atoms with van der Waals surface area (Å²) in [4.78, 5) is 11.6. The zero-order valence-electron chi connectivity index (χ0n) is 11.6. The second-order valence-corrected chi connectivity index (χ2v) is 6.23. The predicted octanol–water partition coefficient (Wildman–Crippen LogP) is 3.46. The Balaban J connectivity index is 2.35. The number of thioether (sulfide) groups is 1. The van der Waals surface area contributed by atoms with Crippen molar-refractivity contribution >= 4 is 45.1 Å². The Kier molecular flexibility index (Phi) is 5.27. The van der Waals surface area contributed by atoms with Gasteiger partial charge in [-0.1, -0.05) is 6.92 Å². The lowest BCUT2D eigenvalue weighted by Gasteiger charge is -2.08. The van der Waals surface area contributed by atoms with Crippen LogP contribution in [0.2, 0.25) is 0 Å². The van der Waals surface area contributed by atoms with Crippen LogP contribution in [-0.4, -0.2) is 35.1 Å². The van der Waals surface area contributed by atoms with E-state index in [2.05, 4.69) is 46.8 Å². The third-order valence-corrected chi connectivity index (χ3v) is 4.51. The molecule has 19 heavy (non-hydrogen) atoms. The molecule has 0 radical (unpaired) electrons. The first-order valence-electron chi connectivity index (χ1n) is 6.55. The first-order valence-corrected chi connectivity index (χ1v) is 8.76. The molecule has 6 heteroatoms. The summed E-state index contributed by atoms with van der Waals surface area (Å²) < 4.78 is 0. The molecule has 2 aromatic rings. The van der Waals surface area contributed by atoms with Crippen molar-refractivity contribution in [3.63, 3.8) is 0 Å². The largest absolute Gasteiger partial charge is 0.369 e. The molecule has 0 spiro atoms. The van der Waals surface area contributed by atoms with Crippen molar-refractivity contribution in [2.75, 3.05) is 35.7 Å². The number of fused-ring (bicyclic) bond motifs is 1. The second-order valence-electron chi connectivity index (χ2n) is 4.13. The zero-order chi connectivity index (χ0) is 13.7. The molecule has 0 aliphatic heterocycles. The van der Waals surface area contributed by atoms with Crippen LogP contribution in [-0.2, 0) is 6.42 Å². The van der Waals surface area contributed by atoms with E-state index in [1.807, 2.05) is 11.8 Å². The van der Waals surface area contributed by atoms with Gasteiger partial charge in [-0.2, -0.15) is 16.7 Å². The molecule has 4 nitrogen and oxygen atoms in total. The average Bonchev–Trinajstić information content (AvgIpc) is 2.82. The SMILES string of the molecule is CCNc1nc(NCCSC)c2cc(CC)sc2n1. The number of aromatic nitrogens is 2. The smallest absolute Gasteiger partial charge is 0.226 e. The summed E-state index contributed by atoms with van der Waals surface area (Å²) in [6.45, 7) is 5.99. The fraction of sp³-hybridized carbons (Fsp3) is 0.538. The van der Waals surface area contributed by atoms with E-state index < -0.39 is 0 Å². The van der Waals surface area contributed by atoms with Gasteiger partial charge in [-0.15, -0.1) is 11.3 Å². The maximum absolute atomic E-state index is 4.57. The lowest BCUT2D eigenvalue weighted by atomic mass is 10.3. The fourth-order valence-electron chi connectivity index (χ4n) is 1.79. The lowest BCUT2D eigenvalue weighted by Crippen LogP contribution is -2.09. The van der Waals surface area contributed by atoms with Crippen molar-refractivity contribution in [1.82, 2.24) is 9.97 Å². The van der Waals surface area contributed by atoms with Gasteiger partial charge in [0.15, 0.2) is 0 Å². The molecule has 2 rings (SSSR count). The molecule has 104 valence electrons. The van der Waals surface area contributed by atoms with Gasteiger partial charge in [0.2, 0.25) is 5.95 Å². The molecule has 0 aliphatic rings. The van der Waals surface area contributed by atoms with Crippen molar-refractivity contribution in [2.45, 2.75) is 20.3 Å². The summed E-state index contributed by atoms with van der Waals surface area (Å²) in [5.41, 5.74) is 0. The zero-order valence-corrected chi connectivity index (χ0v) is 13.2. The van der Waals surface area contributed by atoms with E-state index >= 15 is 0 Å². The number of rotatable bonds is 7. The molecule has 0 aromatic carbocycles. The predicted molar refractivity (Wildman–Crippen MR) is 87.8 cm³/mol.